The highest BCUT2D eigenvalue weighted by Gasteiger charge is 2.30. The van der Waals surface area contributed by atoms with E-state index in [4.69, 9.17) is 9.73 Å². The van der Waals surface area contributed by atoms with E-state index >= 15 is 0 Å². The van der Waals surface area contributed by atoms with Crippen molar-refractivity contribution in [3.05, 3.63) is 36.3 Å². The van der Waals surface area contributed by atoms with E-state index in [0.717, 1.165) is 76.2 Å². The molecule has 0 aromatic carbocycles. The fourth-order valence-corrected chi connectivity index (χ4v) is 3.98. The molecule has 2 saturated heterocycles. The molecule has 4 rings (SSSR count). The molecule has 1 unspecified atom stereocenters. The number of guanidine groups is 1. The van der Waals surface area contributed by atoms with Crippen LogP contribution >= 0.6 is 24.0 Å². The largest absolute Gasteiger partial charge is 0.379 e. The number of fused-ring (bicyclic) bond motifs is 1. The summed E-state index contributed by atoms with van der Waals surface area (Å²) in [4.78, 5) is 14.5. The Kier molecular flexibility index (Phi) is 7.92. The Labute approximate surface area is 184 Å². The molecule has 2 aliphatic heterocycles. The summed E-state index contributed by atoms with van der Waals surface area (Å²) >= 11 is 0. The third-order valence-electron chi connectivity index (χ3n) is 5.40. The number of aromatic nitrogens is 2. The van der Waals surface area contributed by atoms with Crippen molar-refractivity contribution in [1.82, 2.24) is 24.5 Å². The van der Waals surface area contributed by atoms with E-state index in [2.05, 4.69) is 37.6 Å². The molecular formula is C20H31IN6O. The van der Waals surface area contributed by atoms with Crippen LogP contribution in [-0.2, 0) is 11.2 Å². The smallest absolute Gasteiger partial charge is 0.193 e. The quantitative estimate of drug-likeness (QED) is 0.388. The Balaban J connectivity index is 0.00000225. The normalized spacial score (nSPS) is 21.1. The van der Waals surface area contributed by atoms with Crippen LogP contribution in [0.5, 0.6) is 0 Å². The number of hydrogen-bond acceptors (Lipinski definition) is 4. The van der Waals surface area contributed by atoms with Crippen LogP contribution in [0.4, 0.5) is 0 Å². The van der Waals surface area contributed by atoms with Crippen LogP contribution in [-0.4, -0.2) is 83.7 Å². The Bertz CT molecular complexity index is 740. The molecule has 1 atom stereocenters. The summed E-state index contributed by atoms with van der Waals surface area (Å²) < 4.78 is 7.56. The van der Waals surface area contributed by atoms with Crippen molar-refractivity contribution >= 4 is 35.6 Å². The van der Waals surface area contributed by atoms with E-state index in [0.29, 0.717) is 6.04 Å². The second-order valence-corrected chi connectivity index (χ2v) is 7.22. The third-order valence-corrected chi connectivity index (χ3v) is 5.40. The molecule has 154 valence electrons. The van der Waals surface area contributed by atoms with Gasteiger partial charge in [0.1, 0.15) is 5.65 Å². The van der Waals surface area contributed by atoms with E-state index in [9.17, 15) is 0 Å². The number of aliphatic imine (C=N–C) groups is 1. The fraction of sp³-hybridized carbons (Fsp3) is 0.600. The molecule has 0 aliphatic carbocycles. The molecule has 0 radical (unpaired) electrons. The van der Waals surface area contributed by atoms with Crippen molar-refractivity contribution < 1.29 is 4.74 Å². The van der Waals surface area contributed by atoms with Gasteiger partial charge in [-0.25, -0.2) is 4.98 Å². The first-order chi connectivity index (χ1) is 13.3. The van der Waals surface area contributed by atoms with Gasteiger partial charge in [-0.3, -0.25) is 9.89 Å². The number of morpholine rings is 1. The number of nitrogens with zero attached hydrogens (tertiary/aromatic N) is 5. The molecule has 28 heavy (non-hydrogen) atoms. The summed E-state index contributed by atoms with van der Waals surface area (Å²) in [6, 6.07) is 6.70. The van der Waals surface area contributed by atoms with Gasteiger partial charge < -0.3 is 19.4 Å². The van der Waals surface area contributed by atoms with Gasteiger partial charge >= 0.3 is 0 Å². The number of hydrogen-bond donors (Lipinski definition) is 1. The second-order valence-electron chi connectivity index (χ2n) is 7.22. The number of pyridine rings is 1. The molecule has 4 heterocycles. The number of imidazole rings is 1. The highest BCUT2D eigenvalue weighted by molar-refractivity contribution is 14.0. The number of ether oxygens (including phenoxy) is 1. The number of halogens is 1. The van der Waals surface area contributed by atoms with Crippen molar-refractivity contribution in [2.24, 2.45) is 4.99 Å². The van der Waals surface area contributed by atoms with Gasteiger partial charge in [-0.2, -0.15) is 0 Å². The first-order valence-electron chi connectivity index (χ1n) is 10.1. The van der Waals surface area contributed by atoms with Gasteiger partial charge in [0.2, 0.25) is 0 Å². The fourth-order valence-electron chi connectivity index (χ4n) is 3.98. The van der Waals surface area contributed by atoms with Crippen molar-refractivity contribution in [3.8, 4) is 0 Å². The molecular weight excluding hydrogens is 467 g/mol. The van der Waals surface area contributed by atoms with Crippen LogP contribution in [0.2, 0.25) is 0 Å². The Morgan fingerprint density at radius 1 is 1.29 bits per heavy atom. The van der Waals surface area contributed by atoms with Gasteiger partial charge in [-0.1, -0.05) is 6.07 Å². The molecule has 8 heteroatoms. The maximum Gasteiger partial charge on any atom is 0.193 e. The third kappa shape index (κ3) is 5.15. The van der Waals surface area contributed by atoms with Crippen LogP contribution in [0.3, 0.4) is 0 Å². The van der Waals surface area contributed by atoms with E-state index in [1.54, 1.807) is 0 Å². The first-order valence-corrected chi connectivity index (χ1v) is 10.1. The SMILES string of the molecule is CCNC(=NCCc1cn2ccccc2n1)N1CCC(N2CCOCC2)C1.I. The highest BCUT2D eigenvalue weighted by Crippen LogP contribution is 2.17. The minimum atomic E-state index is 0. The Morgan fingerprint density at radius 2 is 2.14 bits per heavy atom. The lowest BCUT2D eigenvalue weighted by Gasteiger charge is -2.32. The Hall–Kier alpha value is -1.39. The summed E-state index contributed by atoms with van der Waals surface area (Å²) in [5, 5.41) is 3.47. The van der Waals surface area contributed by atoms with E-state index in [1.165, 1.54) is 6.42 Å². The van der Waals surface area contributed by atoms with Crippen molar-refractivity contribution in [2.75, 3.05) is 52.5 Å². The van der Waals surface area contributed by atoms with Gasteiger partial charge in [-0.05, 0) is 25.5 Å². The monoisotopic (exact) mass is 498 g/mol. The maximum absolute atomic E-state index is 5.49. The van der Waals surface area contributed by atoms with Crippen LogP contribution in [0.15, 0.2) is 35.6 Å². The van der Waals surface area contributed by atoms with Crippen molar-refractivity contribution in [3.63, 3.8) is 0 Å². The van der Waals surface area contributed by atoms with Crippen LogP contribution in [0, 0.1) is 0 Å². The summed E-state index contributed by atoms with van der Waals surface area (Å²) in [5.74, 6) is 1.04. The van der Waals surface area contributed by atoms with Gasteiger partial charge in [0, 0.05) is 64.1 Å². The van der Waals surface area contributed by atoms with Gasteiger partial charge in [0.25, 0.3) is 0 Å². The van der Waals surface area contributed by atoms with E-state index in [-0.39, 0.29) is 24.0 Å². The zero-order valence-electron chi connectivity index (χ0n) is 16.6. The number of likely N-dealkylation sites (tertiary alicyclic amines) is 1. The molecule has 2 aromatic rings. The highest BCUT2D eigenvalue weighted by atomic mass is 127. The molecule has 0 amide bonds. The van der Waals surface area contributed by atoms with Crippen LogP contribution in [0.1, 0.15) is 19.0 Å². The van der Waals surface area contributed by atoms with Gasteiger partial charge in [0.05, 0.1) is 18.9 Å². The predicted molar refractivity (Wildman–Crippen MR) is 123 cm³/mol. The standard InChI is InChI=1S/C20H30N6O.HI/c1-2-21-20(26-10-7-18(16-26)24-11-13-27-14-12-24)22-8-6-17-15-25-9-4-3-5-19(25)23-17;/h3-5,9,15,18H,2,6-8,10-14,16H2,1H3,(H,21,22);1H. The first kappa shape index (κ1) is 21.3. The van der Waals surface area contributed by atoms with Gasteiger partial charge in [-0.15, -0.1) is 24.0 Å². The van der Waals surface area contributed by atoms with Crippen LogP contribution in [0.25, 0.3) is 5.65 Å². The molecule has 2 aliphatic rings. The molecule has 2 fully saturated rings. The molecule has 1 N–H and O–H groups in total. The average molecular weight is 498 g/mol. The van der Waals surface area contributed by atoms with Crippen LogP contribution < -0.4 is 5.32 Å². The van der Waals surface area contributed by atoms with Crippen molar-refractivity contribution in [1.29, 1.82) is 0 Å². The van der Waals surface area contributed by atoms with E-state index in [1.807, 2.05) is 24.4 Å². The summed E-state index contributed by atoms with van der Waals surface area (Å²) in [5.41, 5.74) is 2.09. The number of nitrogens with one attached hydrogen (secondary N) is 1. The summed E-state index contributed by atoms with van der Waals surface area (Å²) in [6.45, 7) is 9.75. The topological polar surface area (TPSA) is 57.4 Å². The minimum Gasteiger partial charge on any atom is -0.379 e. The molecule has 0 spiro atoms. The summed E-state index contributed by atoms with van der Waals surface area (Å²) in [7, 11) is 0. The van der Waals surface area contributed by atoms with Crippen molar-refractivity contribution in [2.45, 2.75) is 25.8 Å². The molecule has 2 aromatic heterocycles. The zero-order valence-corrected chi connectivity index (χ0v) is 18.9. The average Bonchev–Trinajstić information content (AvgIpc) is 3.35. The summed E-state index contributed by atoms with van der Waals surface area (Å²) in [6.07, 6.45) is 6.20. The number of rotatable bonds is 5. The molecule has 0 saturated carbocycles. The lowest BCUT2D eigenvalue weighted by atomic mass is 10.2. The maximum atomic E-state index is 5.49. The molecule has 0 bridgehead atoms. The Morgan fingerprint density at radius 3 is 2.93 bits per heavy atom. The van der Waals surface area contributed by atoms with Gasteiger partial charge in [0.15, 0.2) is 5.96 Å². The van der Waals surface area contributed by atoms with E-state index < -0.39 is 0 Å². The predicted octanol–water partition coefficient (Wildman–Crippen LogP) is 1.87. The molecule has 7 nitrogen and oxygen atoms in total. The lowest BCUT2D eigenvalue weighted by Crippen LogP contribution is -2.46. The minimum absolute atomic E-state index is 0. The second kappa shape index (κ2) is 10.4. The zero-order chi connectivity index (χ0) is 18.5. The lowest BCUT2D eigenvalue weighted by molar-refractivity contribution is 0.0195.